The molecule has 3 heteroatoms. The molecule has 2 aromatic carbocycles. The zero-order valence-corrected chi connectivity index (χ0v) is 10.9. The summed E-state index contributed by atoms with van der Waals surface area (Å²) < 4.78 is 18.2. The summed E-state index contributed by atoms with van der Waals surface area (Å²) in [5, 5.41) is 0. The van der Waals surface area contributed by atoms with E-state index in [1.165, 1.54) is 0 Å². The van der Waals surface area contributed by atoms with Crippen LogP contribution in [0.25, 0.3) is 0 Å². The molecule has 0 heterocycles. The summed E-state index contributed by atoms with van der Waals surface area (Å²) in [6.07, 6.45) is 0. The first-order valence-corrected chi connectivity index (χ1v) is 8.44. The van der Waals surface area contributed by atoms with E-state index in [2.05, 4.69) is 0 Å². The van der Waals surface area contributed by atoms with Crippen molar-refractivity contribution in [2.24, 2.45) is 0 Å². The standard InChI is InChI=1S/C6H6O.C6H5.O.Sn/c7-6-4-2-1-3-5-6;1-2-4-6-5-3-1;;/h1-5,7H;1-5H;;/q;;;+1/p-1. The summed E-state index contributed by atoms with van der Waals surface area (Å²) in [7, 11) is 0. The molecule has 15 heavy (non-hydrogen) atoms. The Morgan fingerprint density at radius 3 is 1.93 bits per heavy atom. The van der Waals surface area contributed by atoms with Crippen molar-refractivity contribution in [3.63, 3.8) is 0 Å². The third kappa shape index (κ3) is 2.89. The predicted octanol–water partition coefficient (Wildman–Crippen LogP) is 1.89. The molecule has 0 aliphatic heterocycles. The molecule has 0 bridgehead atoms. The summed E-state index contributed by atoms with van der Waals surface area (Å²) in [6.45, 7) is 0. The Morgan fingerprint density at radius 1 is 0.800 bits per heavy atom. The van der Waals surface area contributed by atoms with Crippen molar-refractivity contribution in [3.8, 4) is 5.75 Å². The number of rotatable bonds is 3. The van der Waals surface area contributed by atoms with E-state index in [0.29, 0.717) is 5.75 Å². The van der Waals surface area contributed by atoms with Gasteiger partial charge in [-0.3, -0.25) is 0 Å². The topological polar surface area (TPSA) is 26.3 Å². The van der Waals surface area contributed by atoms with Gasteiger partial charge in [-0.1, -0.05) is 0 Å². The zero-order valence-electron chi connectivity index (χ0n) is 8.09. The van der Waals surface area contributed by atoms with Gasteiger partial charge in [-0.2, -0.15) is 0 Å². The Bertz CT molecular complexity index is 440. The Labute approximate surface area is 96.2 Å². The van der Waals surface area contributed by atoms with Crippen LogP contribution in [0.5, 0.6) is 5.75 Å². The van der Waals surface area contributed by atoms with E-state index in [-0.39, 0.29) is 0 Å². The molecule has 2 aromatic rings. The molecule has 0 atom stereocenters. The molecule has 0 aliphatic rings. The van der Waals surface area contributed by atoms with Crippen LogP contribution in [0.1, 0.15) is 0 Å². The summed E-state index contributed by atoms with van der Waals surface area (Å²) in [5.41, 5.74) is 0. The van der Waals surface area contributed by atoms with E-state index in [1.54, 1.807) is 0 Å². The first-order valence-electron chi connectivity index (χ1n) is 4.68. The molecule has 0 unspecified atom stereocenters. The predicted molar refractivity (Wildman–Crippen MR) is 59.6 cm³/mol. The summed E-state index contributed by atoms with van der Waals surface area (Å²) in [6, 6.07) is 18.7. The third-order valence-electron chi connectivity index (χ3n) is 1.96. The fraction of sp³-hybridized carbons (Fsp3) is 0. The van der Waals surface area contributed by atoms with Gasteiger partial charge in [0.1, 0.15) is 0 Å². The van der Waals surface area contributed by atoms with E-state index in [0.717, 1.165) is 3.58 Å². The summed E-state index contributed by atoms with van der Waals surface area (Å²) >= 11 is -3.11. The van der Waals surface area contributed by atoms with Crippen molar-refractivity contribution in [1.82, 2.24) is 0 Å². The maximum absolute atomic E-state index is 11.9. The van der Waals surface area contributed by atoms with Gasteiger partial charge in [-0.05, 0) is 0 Å². The van der Waals surface area contributed by atoms with Crippen molar-refractivity contribution >= 4 is 23.7 Å². The molecule has 2 rings (SSSR count). The average molecular weight is 305 g/mol. The van der Waals surface area contributed by atoms with Gasteiger partial charge < -0.3 is 0 Å². The average Bonchev–Trinajstić information content (AvgIpc) is 2.31. The minimum absolute atomic E-state index is 0.686. The van der Waals surface area contributed by atoms with E-state index in [1.807, 2.05) is 60.7 Å². The summed E-state index contributed by atoms with van der Waals surface area (Å²) in [5.74, 6) is 0.686. The molecule has 0 N–H and O–H groups in total. The van der Waals surface area contributed by atoms with Crippen LogP contribution in [-0.4, -0.2) is 20.2 Å². The molecule has 0 aliphatic carbocycles. The van der Waals surface area contributed by atoms with E-state index in [4.69, 9.17) is 3.07 Å². The Kier molecular flexibility index (Phi) is 3.50. The number of benzene rings is 2. The Morgan fingerprint density at radius 2 is 1.33 bits per heavy atom. The fourth-order valence-corrected chi connectivity index (χ4v) is 3.89. The molecule has 0 radical (unpaired) electrons. The second kappa shape index (κ2) is 5.07. The first-order chi connectivity index (χ1) is 7.36. The van der Waals surface area contributed by atoms with Gasteiger partial charge in [0.05, 0.1) is 0 Å². The van der Waals surface area contributed by atoms with Gasteiger partial charge in [0.2, 0.25) is 0 Å². The Balaban J connectivity index is 2.12. The molecule has 0 spiro atoms. The number of hydrogen-bond acceptors (Lipinski definition) is 2. The first kappa shape index (κ1) is 10.4. The molecule has 0 aromatic heterocycles. The van der Waals surface area contributed by atoms with Crippen LogP contribution in [0.2, 0.25) is 0 Å². The van der Waals surface area contributed by atoms with Crippen LogP contribution in [0.15, 0.2) is 60.7 Å². The molecule has 2 nitrogen and oxygen atoms in total. The van der Waals surface area contributed by atoms with Crippen molar-refractivity contribution in [1.29, 1.82) is 0 Å². The van der Waals surface area contributed by atoms with E-state index >= 15 is 0 Å². The van der Waals surface area contributed by atoms with Crippen LogP contribution in [0.4, 0.5) is 0 Å². The summed E-state index contributed by atoms with van der Waals surface area (Å²) in [4.78, 5) is 0. The molecule has 0 amide bonds. The molecular weight excluding hydrogens is 295 g/mol. The van der Waals surface area contributed by atoms with Crippen molar-refractivity contribution in [3.05, 3.63) is 60.7 Å². The van der Waals surface area contributed by atoms with Crippen molar-refractivity contribution in [2.75, 3.05) is 0 Å². The van der Waals surface area contributed by atoms with Gasteiger partial charge in [0, 0.05) is 0 Å². The second-order valence-corrected chi connectivity index (χ2v) is 6.94. The van der Waals surface area contributed by atoms with Gasteiger partial charge in [-0.15, -0.1) is 0 Å². The minimum atomic E-state index is -3.11. The molecular formula is C12H10O2Sn. The van der Waals surface area contributed by atoms with Crippen LogP contribution in [0, 0.1) is 0 Å². The number of para-hydroxylation sites is 1. The molecule has 74 valence electrons. The van der Waals surface area contributed by atoms with Crippen LogP contribution >= 0.6 is 0 Å². The van der Waals surface area contributed by atoms with E-state index < -0.39 is 20.2 Å². The van der Waals surface area contributed by atoms with Crippen LogP contribution in [-0.2, 0) is 3.08 Å². The van der Waals surface area contributed by atoms with E-state index in [9.17, 15) is 3.08 Å². The number of hydrogen-bond donors (Lipinski definition) is 0. The Hall–Kier alpha value is -1.16. The zero-order chi connectivity index (χ0) is 10.5. The molecule has 0 saturated heterocycles. The van der Waals surface area contributed by atoms with Crippen LogP contribution < -0.4 is 6.65 Å². The molecule has 0 saturated carbocycles. The third-order valence-corrected chi connectivity index (χ3v) is 5.46. The SMILES string of the molecule is [O]=[Sn]([O]c1ccccc1)[c]1ccccc1. The normalized spacial score (nSPS) is 9.60. The maximum atomic E-state index is 11.9. The van der Waals surface area contributed by atoms with Gasteiger partial charge in [0.25, 0.3) is 0 Å². The fourth-order valence-electron chi connectivity index (χ4n) is 1.23. The monoisotopic (exact) mass is 306 g/mol. The molecule has 0 fully saturated rings. The second-order valence-electron chi connectivity index (χ2n) is 3.07. The van der Waals surface area contributed by atoms with Gasteiger partial charge in [-0.25, -0.2) is 0 Å². The van der Waals surface area contributed by atoms with Crippen molar-refractivity contribution < 1.29 is 6.15 Å². The van der Waals surface area contributed by atoms with Crippen LogP contribution in [0.3, 0.4) is 0 Å². The van der Waals surface area contributed by atoms with Crippen molar-refractivity contribution in [2.45, 2.75) is 0 Å². The van der Waals surface area contributed by atoms with Gasteiger partial charge in [0.15, 0.2) is 0 Å². The quantitative estimate of drug-likeness (QED) is 0.810. The van der Waals surface area contributed by atoms with Gasteiger partial charge >= 0.3 is 96.3 Å².